The van der Waals surface area contributed by atoms with Crippen LogP contribution in [0.4, 0.5) is 5.69 Å². The molecule has 0 heterocycles. The number of hydrogen-bond donors (Lipinski definition) is 0. The summed E-state index contributed by atoms with van der Waals surface area (Å²) >= 11 is 0. The van der Waals surface area contributed by atoms with Crippen LogP contribution in [-0.4, -0.2) is 0 Å². The average molecular weight is 143 g/mol. The van der Waals surface area contributed by atoms with Gasteiger partial charge in [-0.3, -0.25) is 0 Å². The molecule has 0 atom stereocenters. The average Bonchev–Trinajstić information content (AvgIpc) is 2.06. The van der Waals surface area contributed by atoms with E-state index < -0.39 is 0 Å². The highest BCUT2D eigenvalue weighted by atomic mass is 14.6. The van der Waals surface area contributed by atoms with Crippen LogP contribution in [0.15, 0.2) is 30.3 Å². The standard InChI is InChI=1S/C10H9N/c1-3-6-9-7-4-5-8-10(9)11-2/h3-8H,1H3/b6-3+. The lowest BCUT2D eigenvalue weighted by atomic mass is 10.2. The molecule has 0 aromatic heterocycles. The second-order valence-electron chi connectivity index (χ2n) is 2.17. The molecule has 1 aromatic rings. The monoisotopic (exact) mass is 143 g/mol. The molecule has 1 heteroatoms. The van der Waals surface area contributed by atoms with E-state index >= 15 is 0 Å². The van der Waals surface area contributed by atoms with Crippen LogP contribution in [0.2, 0.25) is 0 Å². The number of rotatable bonds is 1. The minimum Gasteiger partial charge on any atom is -0.238 e. The van der Waals surface area contributed by atoms with Crippen molar-refractivity contribution in [3.63, 3.8) is 0 Å². The Morgan fingerprint density at radius 1 is 1.36 bits per heavy atom. The Hall–Kier alpha value is -1.55. The van der Waals surface area contributed by atoms with Gasteiger partial charge in [0.15, 0.2) is 5.69 Å². The van der Waals surface area contributed by atoms with Gasteiger partial charge in [0.2, 0.25) is 0 Å². The first-order chi connectivity index (χ1) is 5.38. The van der Waals surface area contributed by atoms with Crippen molar-refractivity contribution in [3.8, 4) is 0 Å². The highest BCUT2D eigenvalue weighted by Gasteiger charge is 1.93. The molecule has 0 saturated heterocycles. The highest BCUT2D eigenvalue weighted by molar-refractivity contribution is 5.66. The van der Waals surface area contributed by atoms with Crippen LogP contribution < -0.4 is 0 Å². The predicted molar refractivity (Wildman–Crippen MR) is 47.4 cm³/mol. The van der Waals surface area contributed by atoms with Crippen molar-refractivity contribution in [1.82, 2.24) is 0 Å². The maximum Gasteiger partial charge on any atom is 0.194 e. The minimum atomic E-state index is 0.714. The summed E-state index contributed by atoms with van der Waals surface area (Å²) in [6.45, 7) is 8.80. The van der Waals surface area contributed by atoms with E-state index in [0.717, 1.165) is 5.56 Å². The maximum absolute atomic E-state index is 6.85. The van der Waals surface area contributed by atoms with Gasteiger partial charge in [-0.15, -0.1) is 0 Å². The van der Waals surface area contributed by atoms with E-state index in [9.17, 15) is 0 Å². The van der Waals surface area contributed by atoms with Gasteiger partial charge in [0, 0.05) is 0 Å². The first kappa shape index (κ1) is 7.56. The van der Waals surface area contributed by atoms with Gasteiger partial charge >= 0.3 is 0 Å². The summed E-state index contributed by atoms with van der Waals surface area (Å²) in [5.41, 5.74) is 1.70. The van der Waals surface area contributed by atoms with E-state index in [1.54, 1.807) is 0 Å². The quantitative estimate of drug-likeness (QED) is 0.531. The second-order valence-corrected chi connectivity index (χ2v) is 2.17. The van der Waals surface area contributed by atoms with Crippen LogP contribution in [0.25, 0.3) is 10.9 Å². The van der Waals surface area contributed by atoms with Crippen molar-refractivity contribution in [3.05, 3.63) is 47.3 Å². The zero-order valence-corrected chi connectivity index (χ0v) is 6.41. The molecule has 0 N–H and O–H groups in total. The molecule has 1 aromatic carbocycles. The van der Waals surface area contributed by atoms with Crippen LogP contribution >= 0.6 is 0 Å². The van der Waals surface area contributed by atoms with E-state index in [-0.39, 0.29) is 0 Å². The minimum absolute atomic E-state index is 0.714. The van der Waals surface area contributed by atoms with E-state index in [2.05, 4.69) is 4.85 Å². The van der Waals surface area contributed by atoms with Crippen LogP contribution in [0.5, 0.6) is 0 Å². The SMILES string of the molecule is [C-]#[N+]c1ccccc1/C=C/C. The Morgan fingerprint density at radius 3 is 2.73 bits per heavy atom. The highest BCUT2D eigenvalue weighted by Crippen LogP contribution is 2.19. The summed E-state index contributed by atoms with van der Waals surface area (Å²) in [7, 11) is 0. The van der Waals surface area contributed by atoms with Gasteiger partial charge in [0.25, 0.3) is 0 Å². The summed E-state index contributed by atoms with van der Waals surface area (Å²) in [6, 6.07) is 7.57. The molecule has 0 fully saturated rings. The van der Waals surface area contributed by atoms with Gasteiger partial charge in [0.1, 0.15) is 0 Å². The van der Waals surface area contributed by atoms with E-state index in [1.165, 1.54) is 0 Å². The molecular weight excluding hydrogens is 134 g/mol. The Balaban J connectivity index is 3.15. The summed E-state index contributed by atoms with van der Waals surface area (Å²) in [4.78, 5) is 3.39. The first-order valence-corrected chi connectivity index (χ1v) is 3.47. The smallest absolute Gasteiger partial charge is 0.194 e. The molecular formula is C10H9N. The fourth-order valence-corrected chi connectivity index (χ4v) is 0.910. The fraction of sp³-hybridized carbons (Fsp3) is 0.100. The number of para-hydroxylation sites is 1. The lowest BCUT2D eigenvalue weighted by Gasteiger charge is -1.94. The van der Waals surface area contributed by atoms with Crippen molar-refractivity contribution in [2.24, 2.45) is 0 Å². The molecule has 0 aliphatic carbocycles. The third-order valence-corrected chi connectivity index (χ3v) is 1.40. The topological polar surface area (TPSA) is 4.36 Å². The normalized spacial score (nSPS) is 9.82. The van der Waals surface area contributed by atoms with E-state index in [0.29, 0.717) is 5.69 Å². The second kappa shape index (κ2) is 3.58. The third kappa shape index (κ3) is 1.68. The lowest BCUT2D eigenvalue weighted by molar-refractivity contribution is 1.65. The lowest BCUT2D eigenvalue weighted by Crippen LogP contribution is -1.69. The predicted octanol–water partition coefficient (Wildman–Crippen LogP) is 3.27. The molecule has 0 saturated carbocycles. The molecule has 0 unspecified atom stereocenters. The summed E-state index contributed by atoms with van der Waals surface area (Å²) in [6.07, 6.45) is 3.87. The van der Waals surface area contributed by atoms with Crippen molar-refractivity contribution in [2.75, 3.05) is 0 Å². The van der Waals surface area contributed by atoms with Crippen LogP contribution in [0.3, 0.4) is 0 Å². The molecule has 54 valence electrons. The third-order valence-electron chi connectivity index (χ3n) is 1.40. The maximum atomic E-state index is 6.85. The first-order valence-electron chi connectivity index (χ1n) is 3.47. The fourth-order valence-electron chi connectivity index (χ4n) is 0.910. The molecule has 1 nitrogen and oxygen atoms in total. The van der Waals surface area contributed by atoms with Gasteiger partial charge in [0.05, 0.1) is 6.57 Å². The van der Waals surface area contributed by atoms with Gasteiger partial charge in [-0.05, 0) is 12.5 Å². The van der Waals surface area contributed by atoms with Crippen molar-refractivity contribution in [2.45, 2.75) is 6.92 Å². The van der Waals surface area contributed by atoms with E-state index in [4.69, 9.17) is 6.57 Å². The zero-order chi connectivity index (χ0) is 8.10. The zero-order valence-electron chi connectivity index (χ0n) is 6.41. The van der Waals surface area contributed by atoms with Crippen molar-refractivity contribution < 1.29 is 0 Å². The van der Waals surface area contributed by atoms with Gasteiger partial charge in [-0.2, -0.15) is 0 Å². The number of hydrogen-bond acceptors (Lipinski definition) is 0. The molecule has 0 aliphatic heterocycles. The molecule has 0 aliphatic rings. The molecule has 11 heavy (non-hydrogen) atoms. The van der Waals surface area contributed by atoms with Gasteiger partial charge in [-0.25, -0.2) is 4.85 Å². The van der Waals surface area contributed by atoms with Gasteiger partial charge in [-0.1, -0.05) is 36.4 Å². The Kier molecular flexibility index (Phi) is 2.46. The Labute approximate surface area is 66.8 Å². The van der Waals surface area contributed by atoms with E-state index in [1.807, 2.05) is 43.3 Å². The van der Waals surface area contributed by atoms with Crippen LogP contribution in [-0.2, 0) is 0 Å². The largest absolute Gasteiger partial charge is 0.238 e. The van der Waals surface area contributed by atoms with Crippen molar-refractivity contribution >= 4 is 11.8 Å². The Morgan fingerprint density at radius 2 is 2.09 bits per heavy atom. The Bertz CT molecular complexity index is 305. The number of allylic oxidation sites excluding steroid dienone is 1. The summed E-state index contributed by atoms with van der Waals surface area (Å²) in [5.74, 6) is 0. The number of nitrogens with zero attached hydrogens (tertiary/aromatic N) is 1. The molecule has 0 amide bonds. The molecule has 0 spiro atoms. The molecule has 0 bridgehead atoms. The van der Waals surface area contributed by atoms with Gasteiger partial charge < -0.3 is 0 Å². The van der Waals surface area contributed by atoms with Crippen LogP contribution in [0.1, 0.15) is 12.5 Å². The molecule has 1 rings (SSSR count). The van der Waals surface area contributed by atoms with Crippen LogP contribution in [0, 0.1) is 6.57 Å². The molecule has 0 radical (unpaired) electrons. The summed E-state index contributed by atoms with van der Waals surface area (Å²) in [5, 5.41) is 0. The number of benzene rings is 1. The van der Waals surface area contributed by atoms with Crippen molar-refractivity contribution in [1.29, 1.82) is 0 Å². The summed E-state index contributed by atoms with van der Waals surface area (Å²) < 4.78 is 0.